The van der Waals surface area contributed by atoms with Crippen LogP contribution in [0.15, 0.2) is 28.9 Å². The highest BCUT2D eigenvalue weighted by Gasteiger charge is 2.42. The normalized spacial score (nSPS) is 19.8. The first kappa shape index (κ1) is 22.9. The van der Waals surface area contributed by atoms with Gasteiger partial charge in [0.05, 0.1) is 12.8 Å². The molecule has 9 heteroatoms. The highest BCUT2D eigenvalue weighted by atomic mass is 19.4. The van der Waals surface area contributed by atoms with Crippen molar-refractivity contribution in [1.82, 2.24) is 10.2 Å². The van der Waals surface area contributed by atoms with Crippen LogP contribution >= 0.6 is 0 Å². The van der Waals surface area contributed by atoms with Crippen LogP contribution in [0, 0.1) is 5.92 Å². The Bertz CT molecular complexity index is 801. The van der Waals surface area contributed by atoms with E-state index in [9.17, 15) is 13.2 Å². The molecule has 6 nitrogen and oxygen atoms in total. The number of ether oxygens (including phenoxy) is 2. The number of methoxy groups -OCH3 is 1. The third-order valence-electron chi connectivity index (χ3n) is 5.05. The minimum atomic E-state index is -4.78. The fourth-order valence-corrected chi connectivity index (χ4v) is 3.72. The molecule has 1 aliphatic heterocycles. The summed E-state index contributed by atoms with van der Waals surface area (Å²) in [5, 5.41) is 3.40. The van der Waals surface area contributed by atoms with Crippen molar-refractivity contribution in [3.63, 3.8) is 0 Å². The summed E-state index contributed by atoms with van der Waals surface area (Å²) < 4.78 is 46.9. The summed E-state index contributed by atoms with van der Waals surface area (Å²) in [6, 6.07) is 3.93. The molecule has 1 unspecified atom stereocenters. The molecule has 2 rings (SSSR count). The van der Waals surface area contributed by atoms with Gasteiger partial charge >= 0.3 is 6.36 Å². The zero-order valence-corrected chi connectivity index (χ0v) is 17.6. The number of amidine groups is 1. The van der Waals surface area contributed by atoms with E-state index in [1.54, 1.807) is 0 Å². The first-order valence-corrected chi connectivity index (χ1v) is 9.45. The summed E-state index contributed by atoms with van der Waals surface area (Å²) in [6.07, 6.45) is -3.05. The quantitative estimate of drug-likeness (QED) is 0.738. The molecule has 0 fully saturated rings. The van der Waals surface area contributed by atoms with Crippen LogP contribution in [0.3, 0.4) is 0 Å². The summed E-state index contributed by atoms with van der Waals surface area (Å²) in [5.41, 5.74) is 7.72. The number of alkyl halides is 3. The molecular weight excluding hydrogens is 385 g/mol. The molecule has 0 aliphatic carbocycles. The van der Waals surface area contributed by atoms with Crippen molar-refractivity contribution in [2.24, 2.45) is 16.6 Å². The molecule has 0 amide bonds. The fraction of sp³-hybridized carbons (Fsp3) is 0.550. The van der Waals surface area contributed by atoms with E-state index in [0.29, 0.717) is 22.8 Å². The molecule has 1 heterocycles. The van der Waals surface area contributed by atoms with Crippen LogP contribution in [0.1, 0.15) is 39.2 Å². The van der Waals surface area contributed by atoms with Gasteiger partial charge in [-0.1, -0.05) is 13.8 Å². The van der Waals surface area contributed by atoms with E-state index < -0.39 is 12.0 Å². The zero-order valence-electron chi connectivity index (χ0n) is 17.6. The molecule has 0 saturated heterocycles. The highest BCUT2D eigenvalue weighted by Crippen LogP contribution is 2.37. The van der Waals surface area contributed by atoms with Crippen molar-refractivity contribution < 1.29 is 22.6 Å². The van der Waals surface area contributed by atoms with Crippen LogP contribution in [0.4, 0.5) is 13.2 Å². The van der Waals surface area contributed by atoms with Gasteiger partial charge in [-0.2, -0.15) is 0 Å². The van der Waals surface area contributed by atoms with Crippen molar-refractivity contribution in [3.05, 3.63) is 29.5 Å². The predicted molar refractivity (Wildman–Crippen MR) is 108 cm³/mol. The molecule has 0 radical (unpaired) electrons. The third kappa shape index (κ3) is 4.77. The van der Waals surface area contributed by atoms with E-state index >= 15 is 0 Å². The Hall–Kier alpha value is -2.42. The summed E-state index contributed by atoms with van der Waals surface area (Å²) in [6.45, 7) is 6.00. The van der Waals surface area contributed by atoms with Gasteiger partial charge in [-0.15, -0.1) is 13.2 Å². The van der Waals surface area contributed by atoms with Crippen molar-refractivity contribution in [2.75, 3.05) is 21.2 Å². The third-order valence-corrected chi connectivity index (χ3v) is 5.05. The van der Waals surface area contributed by atoms with Gasteiger partial charge in [-0.05, 0) is 31.9 Å². The number of nitrogens with one attached hydrogen (secondary N) is 1. The second kappa shape index (κ2) is 8.52. The number of hydrogen-bond donors (Lipinski definition) is 2. The monoisotopic (exact) mass is 414 g/mol. The van der Waals surface area contributed by atoms with Crippen molar-refractivity contribution in [3.8, 4) is 11.5 Å². The Morgan fingerprint density at radius 3 is 2.34 bits per heavy atom. The summed E-state index contributed by atoms with van der Waals surface area (Å²) in [7, 11) is 5.11. The Balaban J connectivity index is 2.55. The van der Waals surface area contributed by atoms with Gasteiger partial charge < -0.3 is 25.4 Å². The predicted octanol–water partition coefficient (Wildman–Crippen LogP) is 3.94. The first-order valence-electron chi connectivity index (χ1n) is 9.45. The minimum absolute atomic E-state index is 0.143. The van der Waals surface area contributed by atoms with E-state index in [4.69, 9.17) is 15.5 Å². The molecule has 0 spiro atoms. The number of nitrogens with two attached hydrogens (primary N) is 1. The van der Waals surface area contributed by atoms with Crippen LogP contribution in [-0.2, 0) is 0 Å². The fourth-order valence-electron chi connectivity index (χ4n) is 3.72. The lowest BCUT2D eigenvalue weighted by molar-refractivity contribution is -0.274. The average Bonchev–Trinajstić information content (AvgIpc) is 2.61. The second-order valence-corrected chi connectivity index (χ2v) is 7.22. The molecule has 3 N–H and O–H groups in total. The van der Waals surface area contributed by atoms with Gasteiger partial charge in [0.25, 0.3) is 0 Å². The van der Waals surface area contributed by atoms with E-state index in [2.05, 4.69) is 23.9 Å². The summed E-state index contributed by atoms with van der Waals surface area (Å²) in [4.78, 5) is 6.66. The number of benzene rings is 1. The van der Waals surface area contributed by atoms with Crippen LogP contribution in [0.2, 0.25) is 0 Å². The molecule has 29 heavy (non-hydrogen) atoms. The number of nitrogens with zero attached hydrogens (tertiary/aromatic N) is 2. The molecule has 1 atom stereocenters. The van der Waals surface area contributed by atoms with E-state index in [-0.39, 0.29) is 17.4 Å². The first-order chi connectivity index (χ1) is 13.5. The summed E-state index contributed by atoms with van der Waals surface area (Å²) in [5.74, 6) is 0.646. The van der Waals surface area contributed by atoms with Gasteiger partial charge in [0.2, 0.25) is 0 Å². The SMILES string of the molecule is CCC(CC)C1(N)NC(C)=C(c2ccc(OC(F)(F)F)cc2OC)N=C1N(C)C. The maximum Gasteiger partial charge on any atom is 0.573 e. The molecule has 0 aromatic heterocycles. The highest BCUT2D eigenvalue weighted by molar-refractivity contribution is 5.98. The molecule has 0 saturated carbocycles. The minimum Gasteiger partial charge on any atom is -0.496 e. The van der Waals surface area contributed by atoms with Gasteiger partial charge in [0.1, 0.15) is 23.0 Å². The lowest BCUT2D eigenvalue weighted by Gasteiger charge is -2.44. The van der Waals surface area contributed by atoms with Crippen LogP contribution in [0.25, 0.3) is 5.70 Å². The Morgan fingerprint density at radius 1 is 1.24 bits per heavy atom. The maximum absolute atomic E-state index is 12.5. The lowest BCUT2D eigenvalue weighted by Crippen LogP contribution is -2.68. The second-order valence-electron chi connectivity index (χ2n) is 7.22. The number of aliphatic imine (C=N–C) groups is 1. The van der Waals surface area contributed by atoms with Gasteiger partial charge in [-0.25, -0.2) is 4.99 Å². The molecule has 1 aromatic rings. The van der Waals surface area contributed by atoms with Crippen molar-refractivity contribution >= 4 is 11.5 Å². The number of halogens is 3. The van der Waals surface area contributed by atoms with Crippen LogP contribution < -0.4 is 20.5 Å². The number of hydrogen-bond acceptors (Lipinski definition) is 6. The molecule has 0 bridgehead atoms. The number of likely N-dealkylation sites (N-methyl/N-ethyl adjacent to an activating group) is 1. The lowest BCUT2D eigenvalue weighted by atomic mass is 9.85. The number of rotatable bonds is 6. The Kier molecular flexibility index (Phi) is 6.72. The smallest absolute Gasteiger partial charge is 0.496 e. The van der Waals surface area contributed by atoms with Gasteiger partial charge in [0, 0.05) is 37.3 Å². The molecule has 1 aromatic carbocycles. The van der Waals surface area contributed by atoms with Gasteiger partial charge in [-0.3, -0.25) is 0 Å². The van der Waals surface area contributed by atoms with Crippen LogP contribution in [0.5, 0.6) is 11.5 Å². The Morgan fingerprint density at radius 2 is 1.86 bits per heavy atom. The molecule has 162 valence electrons. The standard InChI is InChI=1S/C20H29F3N4O2/c1-7-13(8-2)19(24)18(27(4)5)25-17(12(3)26-19)15-10-9-14(11-16(15)28-6)29-20(21,22)23/h9-11,13,26H,7-8,24H2,1-6H3. The topological polar surface area (TPSA) is 72.1 Å². The van der Waals surface area contributed by atoms with E-state index in [1.807, 2.05) is 25.9 Å². The van der Waals surface area contributed by atoms with Crippen LogP contribution in [-0.4, -0.2) is 44.0 Å². The van der Waals surface area contributed by atoms with Gasteiger partial charge in [0.15, 0.2) is 0 Å². The zero-order chi connectivity index (χ0) is 22.0. The van der Waals surface area contributed by atoms with Crippen molar-refractivity contribution in [2.45, 2.75) is 45.6 Å². The number of allylic oxidation sites excluding steroid dienone is 1. The maximum atomic E-state index is 12.5. The van der Waals surface area contributed by atoms with E-state index in [0.717, 1.165) is 12.8 Å². The summed E-state index contributed by atoms with van der Waals surface area (Å²) >= 11 is 0. The largest absolute Gasteiger partial charge is 0.573 e. The Labute approximate surface area is 169 Å². The van der Waals surface area contributed by atoms with E-state index in [1.165, 1.54) is 25.3 Å². The molecule has 1 aliphatic rings. The van der Waals surface area contributed by atoms with Crippen molar-refractivity contribution in [1.29, 1.82) is 0 Å². The molecular formula is C20H29F3N4O2. The average molecular weight is 414 g/mol.